The smallest absolute Gasteiger partial charge is 0.238 e. The number of fused-ring (bicyclic) bond motifs is 2. The van der Waals surface area contributed by atoms with E-state index in [1.807, 2.05) is 0 Å². The second-order valence-electron chi connectivity index (χ2n) is 9.74. The van der Waals surface area contributed by atoms with Crippen molar-refractivity contribution in [1.82, 2.24) is 9.58 Å². The Morgan fingerprint density at radius 1 is 1.27 bits per heavy atom. The van der Waals surface area contributed by atoms with Gasteiger partial charge in [-0.05, 0) is 81.6 Å². The van der Waals surface area contributed by atoms with Crippen LogP contribution >= 0.6 is 0 Å². The molecule has 2 aromatic rings. The largest absolute Gasteiger partial charge is 0.299 e. The Morgan fingerprint density at radius 2 is 2.07 bits per heavy atom. The van der Waals surface area contributed by atoms with E-state index >= 15 is 0 Å². The van der Waals surface area contributed by atoms with Gasteiger partial charge in [-0.2, -0.15) is 0 Å². The number of carbonyl (C=O) groups is 1. The summed E-state index contributed by atoms with van der Waals surface area (Å²) in [5.74, 6) is 1.35. The highest BCUT2D eigenvalue weighted by molar-refractivity contribution is 5.95. The number of carbonyl (C=O) groups excluding carboxylic acids is 1. The predicted molar refractivity (Wildman–Crippen MR) is 126 cm³/mol. The topological polar surface area (TPSA) is 37.3 Å². The van der Waals surface area contributed by atoms with Crippen molar-refractivity contribution in [2.75, 3.05) is 18.5 Å². The van der Waals surface area contributed by atoms with Crippen LogP contribution in [0.25, 0.3) is 10.9 Å². The van der Waals surface area contributed by atoms with Crippen LogP contribution in [0.4, 0.5) is 0 Å². The molecular formula is C26H39N3O. The second kappa shape index (κ2) is 8.74. The minimum Gasteiger partial charge on any atom is -0.299 e. The zero-order valence-electron chi connectivity index (χ0n) is 19.6. The summed E-state index contributed by atoms with van der Waals surface area (Å²) in [7, 11) is 0. The van der Waals surface area contributed by atoms with Crippen LogP contribution in [0.3, 0.4) is 0 Å². The van der Waals surface area contributed by atoms with Gasteiger partial charge in [-0.25, -0.2) is 0 Å². The first-order valence-corrected chi connectivity index (χ1v) is 12.1. The highest BCUT2D eigenvalue weighted by Gasteiger charge is 2.39. The molecule has 164 valence electrons. The van der Waals surface area contributed by atoms with E-state index in [9.17, 15) is 4.79 Å². The molecule has 0 radical (unpaired) electrons. The molecule has 1 aromatic heterocycles. The normalized spacial score (nSPS) is 22.2. The fourth-order valence-electron chi connectivity index (χ4n) is 5.80. The molecule has 1 fully saturated rings. The molecule has 1 amide bonds. The van der Waals surface area contributed by atoms with Gasteiger partial charge in [0, 0.05) is 29.5 Å². The number of aromatic nitrogens is 1. The molecule has 2 aliphatic rings. The van der Waals surface area contributed by atoms with E-state index in [0.717, 1.165) is 19.3 Å². The van der Waals surface area contributed by atoms with Crippen LogP contribution in [0.2, 0.25) is 0 Å². The zero-order chi connectivity index (χ0) is 21.4. The zero-order valence-corrected chi connectivity index (χ0v) is 19.6. The summed E-state index contributed by atoms with van der Waals surface area (Å²) in [6.07, 6.45) is 7.57. The van der Waals surface area contributed by atoms with E-state index in [4.69, 9.17) is 0 Å². The van der Waals surface area contributed by atoms with E-state index in [2.05, 4.69) is 61.8 Å². The Labute approximate surface area is 182 Å². The lowest BCUT2D eigenvalue weighted by Crippen LogP contribution is -2.47. The predicted octanol–water partition coefficient (Wildman–Crippen LogP) is 5.67. The van der Waals surface area contributed by atoms with Gasteiger partial charge in [-0.3, -0.25) is 19.8 Å². The van der Waals surface area contributed by atoms with Crippen LogP contribution in [-0.2, 0) is 11.2 Å². The van der Waals surface area contributed by atoms with Crippen molar-refractivity contribution >= 4 is 16.8 Å². The lowest BCUT2D eigenvalue weighted by molar-refractivity contribution is -0.117. The van der Waals surface area contributed by atoms with Crippen LogP contribution < -0.4 is 5.43 Å². The molecule has 1 aromatic carbocycles. The first-order valence-electron chi connectivity index (χ1n) is 12.1. The maximum atomic E-state index is 12.8. The quantitative estimate of drug-likeness (QED) is 0.640. The molecule has 0 saturated carbocycles. The number of nitrogens with one attached hydrogen (secondary N) is 1. The van der Waals surface area contributed by atoms with Crippen molar-refractivity contribution in [2.45, 2.75) is 91.5 Å². The van der Waals surface area contributed by atoms with Gasteiger partial charge in [0.05, 0.1) is 5.52 Å². The molecule has 1 aliphatic heterocycles. The number of benzene rings is 1. The minimum atomic E-state index is 0.135. The summed E-state index contributed by atoms with van der Waals surface area (Å²) in [6.45, 7) is 13.5. The maximum absolute atomic E-state index is 12.8. The van der Waals surface area contributed by atoms with Gasteiger partial charge >= 0.3 is 0 Å². The number of piperidine rings is 1. The molecule has 0 spiro atoms. The molecule has 2 heterocycles. The van der Waals surface area contributed by atoms with Crippen molar-refractivity contribution in [3.63, 3.8) is 0 Å². The summed E-state index contributed by atoms with van der Waals surface area (Å²) < 4.78 is 2.12. The van der Waals surface area contributed by atoms with Gasteiger partial charge in [0.2, 0.25) is 5.91 Å². The van der Waals surface area contributed by atoms with Crippen LogP contribution in [0, 0.1) is 19.8 Å². The molecule has 1 unspecified atom stereocenters. The summed E-state index contributed by atoms with van der Waals surface area (Å²) in [4.78, 5) is 15.5. The van der Waals surface area contributed by atoms with Crippen LogP contribution in [0.1, 0.15) is 87.6 Å². The van der Waals surface area contributed by atoms with Crippen molar-refractivity contribution in [3.05, 3.63) is 34.5 Å². The summed E-state index contributed by atoms with van der Waals surface area (Å²) in [5, 5.41) is 1.43. The van der Waals surface area contributed by atoms with Crippen LogP contribution in [0.5, 0.6) is 0 Å². The third kappa shape index (κ3) is 3.68. The number of rotatable bonds is 7. The number of likely N-dealkylation sites (tertiary alicyclic amines) is 1. The van der Waals surface area contributed by atoms with Crippen molar-refractivity contribution in [2.24, 2.45) is 5.92 Å². The first kappa shape index (κ1) is 21.4. The van der Waals surface area contributed by atoms with Crippen molar-refractivity contribution in [1.29, 1.82) is 0 Å². The minimum absolute atomic E-state index is 0.135. The highest BCUT2D eigenvalue weighted by atomic mass is 16.2. The van der Waals surface area contributed by atoms with E-state index in [0.29, 0.717) is 24.3 Å². The van der Waals surface area contributed by atoms with Crippen LogP contribution in [-0.4, -0.2) is 34.6 Å². The fourth-order valence-corrected chi connectivity index (χ4v) is 5.80. The van der Waals surface area contributed by atoms with E-state index in [1.54, 1.807) is 0 Å². The summed E-state index contributed by atoms with van der Waals surface area (Å²) in [6, 6.07) is 5.25. The Morgan fingerprint density at radius 3 is 2.80 bits per heavy atom. The average Bonchev–Trinajstić information content (AvgIpc) is 3.02. The van der Waals surface area contributed by atoms with Gasteiger partial charge in [-0.15, -0.1) is 0 Å². The van der Waals surface area contributed by atoms with Gasteiger partial charge in [-0.1, -0.05) is 39.3 Å². The lowest BCUT2D eigenvalue weighted by Gasteiger charge is -2.44. The van der Waals surface area contributed by atoms with Gasteiger partial charge in [0.1, 0.15) is 0 Å². The molecule has 4 rings (SSSR count). The molecule has 3 atom stereocenters. The molecule has 1 aliphatic carbocycles. The number of amides is 1. The van der Waals surface area contributed by atoms with E-state index < -0.39 is 0 Å². The van der Waals surface area contributed by atoms with Crippen molar-refractivity contribution in [3.8, 4) is 0 Å². The third-order valence-electron chi connectivity index (χ3n) is 7.72. The second-order valence-corrected chi connectivity index (χ2v) is 9.74. The summed E-state index contributed by atoms with van der Waals surface area (Å²) >= 11 is 0. The van der Waals surface area contributed by atoms with Gasteiger partial charge < -0.3 is 0 Å². The fraction of sp³-hybridized carbons (Fsp3) is 0.654. The Bertz CT molecular complexity index is 926. The Kier molecular flexibility index (Phi) is 6.24. The van der Waals surface area contributed by atoms with Crippen LogP contribution in [0.15, 0.2) is 12.1 Å². The Hall–Kier alpha value is -1.81. The van der Waals surface area contributed by atoms with Gasteiger partial charge in [0.15, 0.2) is 0 Å². The standard InChI is InChI=1S/C26H39N3O/c1-6-14-28-15-8-9-20-21-12-11-18(4)26-25(21)22(16-23(20)28)19(5)29(26)27-24(30)13-10-17(3)7-2/h11-12,17,20,23H,6-10,13-16H2,1-5H3,(H,27,30)/t17?,20-,23-/m1/s1. The maximum Gasteiger partial charge on any atom is 0.238 e. The number of hydrogen-bond donors (Lipinski definition) is 1. The molecule has 1 N–H and O–H groups in total. The van der Waals surface area contributed by atoms with Gasteiger partial charge in [0.25, 0.3) is 0 Å². The molecular weight excluding hydrogens is 370 g/mol. The monoisotopic (exact) mass is 409 g/mol. The average molecular weight is 410 g/mol. The molecule has 4 nitrogen and oxygen atoms in total. The highest BCUT2D eigenvalue weighted by Crippen LogP contribution is 2.45. The molecule has 0 bridgehead atoms. The van der Waals surface area contributed by atoms with E-state index in [-0.39, 0.29) is 5.91 Å². The third-order valence-corrected chi connectivity index (χ3v) is 7.72. The Balaban J connectivity index is 1.72. The first-order chi connectivity index (χ1) is 14.5. The summed E-state index contributed by atoms with van der Waals surface area (Å²) in [5.41, 5.74) is 9.93. The number of nitrogens with zero attached hydrogens (tertiary/aromatic N) is 2. The lowest BCUT2D eigenvalue weighted by atomic mass is 9.74. The number of aryl methyl sites for hydroxylation is 1. The van der Waals surface area contributed by atoms with E-state index in [1.165, 1.54) is 65.6 Å². The van der Waals surface area contributed by atoms with Crippen molar-refractivity contribution < 1.29 is 4.79 Å². The molecule has 4 heteroatoms. The SMILES string of the molecule is CCCN1CCC[C@@H]2c3ccc(C)c4c3c(c(C)n4NC(=O)CCC(C)CC)C[C@H]21. The number of hydrogen-bond acceptors (Lipinski definition) is 2. The molecule has 1 saturated heterocycles. The molecule has 30 heavy (non-hydrogen) atoms.